The molecule has 2 aromatic rings. The topological polar surface area (TPSA) is 88.9 Å². The number of nitrogens with zero attached hydrogens (tertiary/aromatic N) is 1. The summed E-state index contributed by atoms with van der Waals surface area (Å²) in [6.45, 7) is 1.05. The number of hydrogen-bond acceptors (Lipinski definition) is 5. The van der Waals surface area contributed by atoms with Crippen molar-refractivity contribution in [1.29, 1.82) is 0 Å². The lowest BCUT2D eigenvalue weighted by atomic mass is 9.75. The summed E-state index contributed by atoms with van der Waals surface area (Å²) in [6.07, 6.45) is 1.77. The number of phenolic OH excluding ortho intramolecular Hbond substituents is 2. The molecule has 2 aliphatic rings. The molecule has 6 nitrogen and oxygen atoms in total. The van der Waals surface area contributed by atoms with Crippen molar-refractivity contribution < 1.29 is 29.6 Å². The van der Waals surface area contributed by atoms with Crippen LogP contribution in [0, 0.1) is 0 Å². The predicted octanol–water partition coefficient (Wildman–Crippen LogP) is 2.83. The Balaban J connectivity index is 0.00000196. The van der Waals surface area contributed by atoms with Crippen molar-refractivity contribution in [3.05, 3.63) is 34.9 Å². The number of aromatic hydroxyl groups is 2. The zero-order valence-electron chi connectivity index (χ0n) is 15.5. The Hall–Kier alpha value is -2.44. The molecule has 140 valence electrons. The molecule has 1 atom stereocenters. The highest BCUT2D eigenvalue weighted by molar-refractivity contribution is 5.88. The third-order valence-corrected chi connectivity index (χ3v) is 5.84. The highest BCUT2D eigenvalue weighted by Crippen LogP contribution is 2.56. The average Bonchev–Trinajstić information content (AvgIpc) is 2.60. The minimum Gasteiger partial charge on any atom is -0.870 e. The Morgan fingerprint density at radius 3 is 2.42 bits per heavy atom. The first-order valence-electron chi connectivity index (χ1n) is 8.53. The Bertz CT molecular complexity index is 875. The summed E-state index contributed by atoms with van der Waals surface area (Å²) >= 11 is 0. The van der Waals surface area contributed by atoms with Gasteiger partial charge in [0.25, 0.3) is 0 Å². The highest BCUT2D eigenvalue weighted by Gasteiger charge is 2.44. The molecule has 0 unspecified atom stereocenters. The van der Waals surface area contributed by atoms with Gasteiger partial charge in [0.1, 0.15) is 6.04 Å². The van der Waals surface area contributed by atoms with Crippen LogP contribution in [0.4, 0.5) is 0 Å². The molecule has 2 aromatic carbocycles. The zero-order chi connectivity index (χ0) is 17.9. The van der Waals surface area contributed by atoms with Gasteiger partial charge in [-0.15, -0.1) is 0 Å². The molecule has 0 radical (unpaired) electrons. The zero-order valence-corrected chi connectivity index (χ0v) is 15.5. The number of methoxy groups -OCH3 is 2. The van der Waals surface area contributed by atoms with Gasteiger partial charge in [-0.3, -0.25) is 0 Å². The Morgan fingerprint density at radius 2 is 1.77 bits per heavy atom. The van der Waals surface area contributed by atoms with Crippen molar-refractivity contribution in [3.8, 4) is 34.1 Å². The average molecular weight is 359 g/mol. The summed E-state index contributed by atoms with van der Waals surface area (Å²) in [5, 5.41) is 20.7. The molecule has 1 heterocycles. The Labute approximate surface area is 153 Å². The van der Waals surface area contributed by atoms with Crippen LogP contribution >= 0.6 is 0 Å². The second-order valence-corrected chi connectivity index (χ2v) is 7.50. The van der Waals surface area contributed by atoms with E-state index < -0.39 is 0 Å². The van der Waals surface area contributed by atoms with Gasteiger partial charge in [0.05, 0.1) is 34.9 Å². The second kappa shape index (κ2) is 6.07. The standard InChI is InChI=1S/C20H23NO4.H2O/c1-21(2)8-7-12-10-15(24-3)20(25-4)18-16(12)13(21)9-11-5-6-14(22)19(23)17(11)18;/h5-6,10,13H,7-9H2,1-4H3,(H-,22,23);1H2/t13-;/m0./s1. The maximum absolute atomic E-state index is 10.6. The quantitative estimate of drug-likeness (QED) is 0.636. The number of phenols is 2. The van der Waals surface area contributed by atoms with Gasteiger partial charge in [0, 0.05) is 29.5 Å². The van der Waals surface area contributed by atoms with E-state index in [1.54, 1.807) is 20.3 Å². The van der Waals surface area contributed by atoms with Crippen molar-refractivity contribution in [2.45, 2.75) is 18.9 Å². The molecule has 4 rings (SSSR count). The van der Waals surface area contributed by atoms with Crippen molar-refractivity contribution in [1.82, 2.24) is 0 Å². The molecule has 1 aliphatic heterocycles. The van der Waals surface area contributed by atoms with E-state index in [-0.39, 0.29) is 23.0 Å². The first-order chi connectivity index (χ1) is 11.9. The molecule has 6 heteroatoms. The molecule has 1 aliphatic carbocycles. The number of hydrogen-bond donors (Lipinski definition) is 2. The smallest absolute Gasteiger partial charge is 0.169 e. The normalized spacial score (nSPS) is 19.0. The van der Waals surface area contributed by atoms with Crippen LogP contribution in [0.15, 0.2) is 18.2 Å². The molecule has 26 heavy (non-hydrogen) atoms. The van der Waals surface area contributed by atoms with E-state index in [4.69, 9.17) is 9.47 Å². The molecule has 0 spiro atoms. The van der Waals surface area contributed by atoms with Crippen LogP contribution in [0.25, 0.3) is 11.1 Å². The van der Waals surface area contributed by atoms with Gasteiger partial charge in [-0.05, 0) is 23.3 Å². The van der Waals surface area contributed by atoms with Crippen LogP contribution in [-0.2, 0) is 12.8 Å². The third kappa shape index (κ3) is 2.33. The lowest BCUT2D eigenvalue weighted by Gasteiger charge is -2.46. The SMILES string of the molecule is COc1cc2c3c(c1OC)-c1c(ccc(O)c1O)C[C@@H]3[N+](C)(C)CC2.[OH-]. The number of rotatable bonds is 2. The predicted molar refractivity (Wildman–Crippen MR) is 97.4 cm³/mol. The van der Waals surface area contributed by atoms with E-state index in [0.29, 0.717) is 17.1 Å². The van der Waals surface area contributed by atoms with Crippen molar-refractivity contribution in [2.75, 3.05) is 34.9 Å². The van der Waals surface area contributed by atoms with Crippen LogP contribution in [0.2, 0.25) is 0 Å². The number of likely N-dealkylation sites (N-methyl/N-ethyl adjacent to an activating group) is 1. The van der Waals surface area contributed by atoms with Gasteiger partial charge in [-0.25, -0.2) is 0 Å². The number of quaternary nitrogens is 1. The maximum atomic E-state index is 10.6. The van der Waals surface area contributed by atoms with Crippen LogP contribution in [0.5, 0.6) is 23.0 Å². The molecule has 3 N–H and O–H groups in total. The van der Waals surface area contributed by atoms with Gasteiger partial charge in [0.15, 0.2) is 23.0 Å². The molecular formula is C20H25NO5. The van der Waals surface area contributed by atoms with Crippen molar-refractivity contribution >= 4 is 0 Å². The fourth-order valence-corrected chi connectivity index (χ4v) is 4.44. The number of benzene rings is 2. The first kappa shape index (κ1) is 18.4. The molecular weight excluding hydrogens is 334 g/mol. The van der Waals surface area contributed by atoms with Crippen LogP contribution in [0.3, 0.4) is 0 Å². The summed E-state index contributed by atoms with van der Waals surface area (Å²) in [6, 6.07) is 5.82. The highest BCUT2D eigenvalue weighted by atomic mass is 16.5. The van der Waals surface area contributed by atoms with Gasteiger partial charge < -0.3 is 29.6 Å². The summed E-state index contributed by atoms with van der Waals surface area (Å²) in [4.78, 5) is 0. The minimum atomic E-state index is -0.111. The molecule has 0 bridgehead atoms. The molecule has 0 fully saturated rings. The fraction of sp³-hybridized carbons (Fsp3) is 0.400. The summed E-state index contributed by atoms with van der Waals surface area (Å²) in [7, 11) is 7.74. The number of ether oxygens (including phenoxy) is 2. The lowest BCUT2D eigenvalue weighted by molar-refractivity contribution is -0.923. The molecule has 0 saturated heterocycles. The Morgan fingerprint density at radius 1 is 1.04 bits per heavy atom. The van der Waals surface area contributed by atoms with Crippen molar-refractivity contribution in [3.63, 3.8) is 0 Å². The number of fused-ring (bicyclic) bond motifs is 2. The molecule has 0 amide bonds. The Kier molecular flexibility index (Phi) is 4.29. The monoisotopic (exact) mass is 359 g/mol. The largest absolute Gasteiger partial charge is 0.870 e. The van der Waals surface area contributed by atoms with E-state index in [2.05, 4.69) is 20.2 Å². The minimum absolute atomic E-state index is 0. The molecule has 0 saturated carbocycles. The van der Waals surface area contributed by atoms with Gasteiger partial charge in [-0.1, -0.05) is 6.07 Å². The van der Waals surface area contributed by atoms with E-state index in [9.17, 15) is 10.2 Å². The lowest BCUT2D eigenvalue weighted by Crippen LogP contribution is -2.49. The first-order valence-corrected chi connectivity index (χ1v) is 8.53. The van der Waals surface area contributed by atoms with Crippen LogP contribution in [0.1, 0.15) is 22.7 Å². The summed E-state index contributed by atoms with van der Waals surface area (Å²) in [5.74, 6) is 1.09. The maximum Gasteiger partial charge on any atom is 0.169 e. The van der Waals surface area contributed by atoms with E-state index in [0.717, 1.165) is 35.0 Å². The fourth-order valence-electron chi connectivity index (χ4n) is 4.44. The van der Waals surface area contributed by atoms with Crippen molar-refractivity contribution in [2.24, 2.45) is 0 Å². The second-order valence-electron chi connectivity index (χ2n) is 7.50. The van der Waals surface area contributed by atoms with Gasteiger partial charge in [0.2, 0.25) is 0 Å². The van der Waals surface area contributed by atoms with Gasteiger partial charge in [-0.2, -0.15) is 0 Å². The molecule has 0 aromatic heterocycles. The van der Waals surface area contributed by atoms with E-state index in [1.165, 1.54) is 11.1 Å². The van der Waals surface area contributed by atoms with Gasteiger partial charge >= 0.3 is 0 Å². The van der Waals surface area contributed by atoms with E-state index >= 15 is 0 Å². The van der Waals surface area contributed by atoms with E-state index in [1.807, 2.05) is 6.07 Å². The summed E-state index contributed by atoms with van der Waals surface area (Å²) < 4.78 is 12.2. The summed E-state index contributed by atoms with van der Waals surface area (Å²) in [5.41, 5.74) is 5.01. The third-order valence-electron chi connectivity index (χ3n) is 5.84. The van der Waals surface area contributed by atoms with Crippen LogP contribution < -0.4 is 9.47 Å². The van der Waals surface area contributed by atoms with Crippen LogP contribution in [-0.4, -0.2) is 55.0 Å².